The highest BCUT2D eigenvalue weighted by Crippen LogP contribution is 2.12. The Morgan fingerprint density at radius 2 is 1.41 bits per heavy atom. The van der Waals surface area contributed by atoms with Gasteiger partial charge >= 0.3 is 0 Å². The molecular weight excluding hydrogens is 270 g/mol. The first kappa shape index (κ1) is 16.5. The van der Waals surface area contributed by atoms with Crippen LogP contribution in [0, 0.1) is 0 Å². The maximum atomic E-state index is 10.2. The van der Waals surface area contributed by atoms with Gasteiger partial charge in [0.15, 0.2) is 0 Å². The first-order valence-corrected chi connectivity index (χ1v) is 7.87. The first-order valence-electron chi connectivity index (χ1n) is 7.87. The van der Waals surface area contributed by atoms with Crippen LogP contribution in [0.5, 0.6) is 0 Å². The molecule has 2 aromatic carbocycles. The van der Waals surface area contributed by atoms with Gasteiger partial charge in [0.05, 0.1) is 6.10 Å². The van der Waals surface area contributed by atoms with Crippen molar-refractivity contribution in [3.05, 3.63) is 84.4 Å². The van der Waals surface area contributed by atoms with Crippen LogP contribution in [-0.2, 0) is 13.1 Å². The number of aliphatic hydroxyl groups is 1. The van der Waals surface area contributed by atoms with Crippen LogP contribution in [0.1, 0.15) is 24.0 Å². The molecule has 116 valence electrons. The van der Waals surface area contributed by atoms with E-state index in [2.05, 4.69) is 60.0 Å². The van der Waals surface area contributed by atoms with Gasteiger partial charge in [-0.2, -0.15) is 0 Å². The fourth-order valence-corrected chi connectivity index (χ4v) is 2.57. The van der Waals surface area contributed by atoms with Crippen molar-refractivity contribution in [2.75, 3.05) is 6.54 Å². The number of hydrogen-bond acceptors (Lipinski definition) is 2. The summed E-state index contributed by atoms with van der Waals surface area (Å²) in [5.41, 5.74) is 2.55. The molecule has 2 aromatic rings. The standard InChI is InChI=1S/C20H25NO/c1-2-3-14-20(22)17-21(15-18-10-6-4-7-11-18)16-19-12-8-5-9-13-19/h2,4-13,20,22H,1,3,14-17H2/t20-/m0/s1. The molecule has 0 unspecified atom stereocenters. The van der Waals surface area contributed by atoms with Gasteiger partial charge in [-0.1, -0.05) is 66.7 Å². The molecule has 22 heavy (non-hydrogen) atoms. The molecule has 0 fully saturated rings. The largest absolute Gasteiger partial charge is 0.392 e. The third kappa shape index (κ3) is 5.84. The highest BCUT2D eigenvalue weighted by Gasteiger charge is 2.12. The van der Waals surface area contributed by atoms with Gasteiger partial charge in [-0.3, -0.25) is 4.90 Å². The van der Waals surface area contributed by atoms with Crippen LogP contribution in [0.3, 0.4) is 0 Å². The second kappa shape index (κ2) is 9.19. The molecule has 0 saturated carbocycles. The van der Waals surface area contributed by atoms with E-state index in [0.717, 1.165) is 25.9 Å². The van der Waals surface area contributed by atoms with Crippen molar-refractivity contribution in [3.63, 3.8) is 0 Å². The molecule has 0 bridgehead atoms. The molecule has 0 amide bonds. The zero-order valence-electron chi connectivity index (χ0n) is 13.1. The Kier molecular flexibility index (Phi) is 6.88. The predicted octanol–water partition coefficient (Wildman–Crippen LogP) is 4.02. The lowest BCUT2D eigenvalue weighted by molar-refractivity contribution is 0.0984. The molecule has 0 spiro atoms. The second-order valence-corrected chi connectivity index (χ2v) is 5.66. The molecule has 0 radical (unpaired) electrons. The van der Waals surface area contributed by atoms with Crippen LogP contribution < -0.4 is 0 Å². The molecule has 1 atom stereocenters. The van der Waals surface area contributed by atoms with Gasteiger partial charge in [-0.15, -0.1) is 6.58 Å². The van der Waals surface area contributed by atoms with E-state index in [4.69, 9.17) is 0 Å². The van der Waals surface area contributed by atoms with Gasteiger partial charge < -0.3 is 5.11 Å². The fraction of sp³-hybridized carbons (Fsp3) is 0.300. The van der Waals surface area contributed by atoms with Crippen molar-refractivity contribution in [1.29, 1.82) is 0 Å². The Hall–Kier alpha value is -1.90. The molecule has 2 nitrogen and oxygen atoms in total. The second-order valence-electron chi connectivity index (χ2n) is 5.66. The summed E-state index contributed by atoms with van der Waals surface area (Å²) in [5.74, 6) is 0. The summed E-state index contributed by atoms with van der Waals surface area (Å²) in [6.07, 6.45) is 3.17. The SMILES string of the molecule is C=CCC[C@H](O)CN(Cc1ccccc1)Cc1ccccc1. The van der Waals surface area contributed by atoms with E-state index < -0.39 is 0 Å². The molecule has 0 saturated heterocycles. The fourth-order valence-electron chi connectivity index (χ4n) is 2.57. The maximum absolute atomic E-state index is 10.2. The highest BCUT2D eigenvalue weighted by atomic mass is 16.3. The minimum absolute atomic E-state index is 0.314. The third-order valence-corrected chi connectivity index (χ3v) is 3.67. The molecule has 0 aliphatic rings. The molecule has 0 aliphatic carbocycles. The average Bonchev–Trinajstić information content (AvgIpc) is 2.55. The van der Waals surface area contributed by atoms with Crippen LogP contribution >= 0.6 is 0 Å². The van der Waals surface area contributed by atoms with Gasteiger partial charge in [-0.25, -0.2) is 0 Å². The van der Waals surface area contributed by atoms with Crippen molar-refractivity contribution in [2.24, 2.45) is 0 Å². The quantitative estimate of drug-likeness (QED) is 0.706. The molecular formula is C20H25NO. The molecule has 0 aliphatic heterocycles. The van der Waals surface area contributed by atoms with E-state index in [-0.39, 0.29) is 6.10 Å². The topological polar surface area (TPSA) is 23.5 Å². The number of allylic oxidation sites excluding steroid dienone is 1. The summed E-state index contributed by atoms with van der Waals surface area (Å²) < 4.78 is 0. The van der Waals surface area contributed by atoms with Crippen LogP contribution in [0.2, 0.25) is 0 Å². The van der Waals surface area contributed by atoms with Crippen molar-refractivity contribution in [3.8, 4) is 0 Å². The number of benzene rings is 2. The normalized spacial score (nSPS) is 12.3. The number of hydrogen-bond donors (Lipinski definition) is 1. The number of aliphatic hydroxyl groups excluding tert-OH is 1. The lowest BCUT2D eigenvalue weighted by Crippen LogP contribution is -2.31. The summed E-state index contributed by atoms with van der Waals surface area (Å²) in [7, 11) is 0. The monoisotopic (exact) mass is 295 g/mol. The van der Waals surface area contributed by atoms with E-state index in [1.807, 2.05) is 18.2 Å². The Morgan fingerprint density at radius 3 is 1.86 bits per heavy atom. The zero-order valence-corrected chi connectivity index (χ0v) is 13.1. The van der Waals surface area contributed by atoms with Crippen molar-refractivity contribution >= 4 is 0 Å². The van der Waals surface area contributed by atoms with E-state index in [9.17, 15) is 5.11 Å². The van der Waals surface area contributed by atoms with Gasteiger partial charge in [0.2, 0.25) is 0 Å². The predicted molar refractivity (Wildman–Crippen MR) is 92.4 cm³/mol. The minimum atomic E-state index is -0.314. The maximum Gasteiger partial charge on any atom is 0.0670 e. The van der Waals surface area contributed by atoms with Crippen LogP contribution in [0.15, 0.2) is 73.3 Å². The summed E-state index contributed by atoms with van der Waals surface area (Å²) in [6.45, 7) is 6.10. The average molecular weight is 295 g/mol. The van der Waals surface area contributed by atoms with Gasteiger partial charge in [0.25, 0.3) is 0 Å². The van der Waals surface area contributed by atoms with E-state index in [0.29, 0.717) is 6.54 Å². The van der Waals surface area contributed by atoms with Gasteiger partial charge in [0, 0.05) is 19.6 Å². The summed E-state index contributed by atoms with van der Waals surface area (Å²) in [5, 5.41) is 10.2. The van der Waals surface area contributed by atoms with Crippen LogP contribution in [0.4, 0.5) is 0 Å². The van der Waals surface area contributed by atoms with Gasteiger partial charge in [-0.05, 0) is 24.0 Å². The van der Waals surface area contributed by atoms with Crippen molar-refractivity contribution in [2.45, 2.75) is 32.0 Å². The van der Waals surface area contributed by atoms with Crippen LogP contribution in [-0.4, -0.2) is 22.7 Å². The van der Waals surface area contributed by atoms with Crippen molar-refractivity contribution in [1.82, 2.24) is 4.90 Å². The lowest BCUT2D eigenvalue weighted by atomic mass is 10.1. The van der Waals surface area contributed by atoms with Gasteiger partial charge in [0.1, 0.15) is 0 Å². The van der Waals surface area contributed by atoms with Crippen LogP contribution in [0.25, 0.3) is 0 Å². The Morgan fingerprint density at radius 1 is 0.909 bits per heavy atom. The lowest BCUT2D eigenvalue weighted by Gasteiger charge is -2.25. The van der Waals surface area contributed by atoms with E-state index >= 15 is 0 Å². The summed E-state index contributed by atoms with van der Waals surface area (Å²) in [4.78, 5) is 2.30. The Balaban J connectivity index is 2.01. The summed E-state index contributed by atoms with van der Waals surface area (Å²) >= 11 is 0. The Bertz CT molecular complexity index is 497. The molecule has 1 N–H and O–H groups in total. The summed E-state index contributed by atoms with van der Waals surface area (Å²) in [6, 6.07) is 20.8. The molecule has 2 rings (SSSR count). The van der Waals surface area contributed by atoms with E-state index in [1.165, 1.54) is 11.1 Å². The molecule has 0 aromatic heterocycles. The number of nitrogens with zero attached hydrogens (tertiary/aromatic N) is 1. The zero-order chi connectivity index (χ0) is 15.6. The highest BCUT2D eigenvalue weighted by molar-refractivity contribution is 5.17. The number of rotatable bonds is 9. The van der Waals surface area contributed by atoms with Crippen molar-refractivity contribution < 1.29 is 5.11 Å². The Labute approximate surface area is 133 Å². The van der Waals surface area contributed by atoms with E-state index in [1.54, 1.807) is 0 Å². The molecule has 2 heteroatoms. The first-order chi connectivity index (χ1) is 10.8. The minimum Gasteiger partial charge on any atom is -0.392 e. The third-order valence-electron chi connectivity index (χ3n) is 3.67. The molecule has 0 heterocycles. The smallest absolute Gasteiger partial charge is 0.0670 e.